The highest BCUT2D eigenvalue weighted by atomic mass is 16.6. The molecule has 0 bridgehead atoms. The number of hydrogen-bond donors (Lipinski definition) is 2. The fourth-order valence-electron chi connectivity index (χ4n) is 2.74. The third-order valence-electron chi connectivity index (χ3n) is 4.21. The molecule has 0 aliphatic carbocycles. The molecule has 0 saturated carbocycles. The van der Waals surface area contributed by atoms with Crippen molar-refractivity contribution in [1.82, 2.24) is 0 Å². The highest BCUT2D eigenvalue weighted by molar-refractivity contribution is 6.03. The van der Waals surface area contributed by atoms with E-state index < -0.39 is 5.97 Å². The quantitative estimate of drug-likeness (QED) is 0.263. The van der Waals surface area contributed by atoms with Gasteiger partial charge in [0.25, 0.3) is 0 Å². The monoisotopic (exact) mass is 391 g/mol. The second kappa shape index (κ2) is 9.94. The summed E-state index contributed by atoms with van der Waals surface area (Å²) in [6.45, 7) is -0.111. The van der Waals surface area contributed by atoms with E-state index in [0.29, 0.717) is 23.4 Å². The maximum absolute atomic E-state index is 11.8. The lowest BCUT2D eigenvalue weighted by Crippen LogP contribution is -2.15. The second-order valence-corrected chi connectivity index (χ2v) is 6.32. The van der Waals surface area contributed by atoms with Gasteiger partial charge in [-0.05, 0) is 23.3 Å². The van der Waals surface area contributed by atoms with Crippen molar-refractivity contribution in [2.75, 3.05) is 6.61 Å². The van der Waals surface area contributed by atoms with Gasteiger partial charge in [0.1, 0.15) is 18.1 Å². The number of rotatable bonds is 8. The molecule has 148 valence electrons. The van der Waals surface area contributed by atoms with Gasteiger partial charge in [-0.25, -0.2) is 4.79 Å². The van der Waals surface area contributed by atoms with Crippen LogP contribution in [0.1, 0.15) is 16.7 Å². The summed E-state index contributed by atoms with van der Waals surface area (Å²) in [5.41, 5.74) is 2.54. The first-order valence-corrected chi connectivity index (χ1v) is 9.06. The number of carbonyl (C=O) groups excluding carboxylic acids is 1. The molecule has 3 aromatic carbocycles. The van der Waals surface area contributed by atoms with E-state index in [1.165, 1.54) is 6.07 Å². The predicted molar refractivity (Wildman–Crippen MR) is 108 cm³/mol. The van der Waals surface area contributed by atoms with Crippen molar-refractivity contribution in [3.8, 4) is 11.5 Å². The number of ether oxygens (including phenoxy) is 2. The summed E-state index contributed by atoms with van der Waals surface area (Å²) in [6, 6.07) is 23.4. The topological polar surface area (TPSA) is 88.4 Å². The number of esters is 1. The highest BCUT2D eigenvalue weighted by Crippen LogP contribution is 2.25. The molecule has 0 fully saturated rings. The summed E-state index contributed by atoms with van der Waals surface area (Å²) in [5.74, 6) is -0.317. The molecule has 0 aliphatic heterocycles. The molecule has 3 aromatic rings. The highest BCUT2D eigenvalue weighted by Gasteiger charge is 2.13. The molecule has 0 aliphatic rings. The lowest BCUT2D eigenvalue weighted by atomic mass is 10.0. The van der Waals surface area contributed by atoms with Crippen LogP contribution < -0.4 is 4.74 Å². The van der Waals surface area contributed by atoms with Crippen molar-refractivity contribution in [2.45, 2.75) is 13.0 Å². The van der Waals surface area contributed by atoms with Crippen LogP contribution in [0.15, 0.2) is 84.0 Å². The Morgan fingerprint density at radius 1 is 0.897 bits per heavy atom. The van der Waals surface area contributed by atoms with E-state index in [0.717, 1.165) is 11.1 Å². The Morgan fingerprint density at radius 3 is 2.17 bits per heavy atom. The maximum Gasteiger partial charge on any atom is 0.344 e. The summed E-state index contributed by atoms with van der Waals surface area (Å²) in [6.07, 6.45) is 0.358. The number of hydrogen-bond acceptors (Lipinski definition) is 6. The number of benzene rings is 3. The van der Waals surface area contributed by atoms with E-state index in [1.54, 1.807) is 12.1 Å². The van der Waals surface area contributed by atoms with Crippen molar-refractivity contribution in [1.29, 1.82) is 0 Å². The Kier molecular flexibility index (Phi) is 6.84. The average Bonchev–Trinajstić information content (AvgIpc) is 2.76. The predicted octanol–water partition coefficient (Wildman–Crippen LogP) is 3.94. The van der Waals surface area contributed by atoms with Gasteiger partial charge in [-0.15, -0.1) is 0 Å². The van der Waals surface area contributed by atoms with Crippen molar-refractivity contribution >= 4 is 11.7 Å². The van der Waals surface area contributed by atoms with Crippen molar-refractivity contribution < 1.29 is 24.6 Å². The molecule has 0 saturated heterocycles. The molecule has 2 N–H and O–H groups in total. The molecule has 0 heterocycles. The van der Waals surface area contributed by atoms with Crippen LogP contribution in [0.2, 0.25) is 0 Å². The minimum Gasteiger partial charge on any atom is -0.507 e. The minimum absolute atomic E-state index is 0.108. The molecule has 0 aromatic heterocycles. The minimum atomic E-state index is -0.515. The van der Waals surface area contributed by atoms with Gasteiger partial charge in [0.05, 0.1) is 5.71 Å². The number of phenols is 1. The van der Waals surface area contributed by atoms with Crippen molar-refractivity contribution in [3.63, 3.8) is 0 Å². The van der Waals surface area contributed by atoms with Crippen molar-refractivity contribution in [3.05, 3.63) is 95.6 Å². The van der Waals surface area contributed by atoms with Gasteiger partial charge < -0.3 is 19.8 Å². The van der Waals surface area contributed by atoms with Gasteiger partial charge in [0, 0.05) is 18.1 Å². The van der Waals surface area contributed by atoms with Crippen LogP contribution in [-0.4, -0.2) is 28.6 Å². The molecule has 0 atom stereocenters. The number of oxime groups is 1. The standard InChI is InChI=1S/C23H21NO5/c25-22-14-19(28-16-23(26)29-15-18-9-5-2-6-10-18)11-12-20(22)21(24-27)13-17-7-3-1-4-8-17/h1-12,14,25,27H,13,15-16H2. The van der Waals surface area contributed by atoms with E-state index >= 15 is 0 Å². The zero-order valence-corrected chi connectivity index (χ0v) is 15.7. The van der Waals surface area contributed by atoms with Gasteiger partial charge >= 0.3 is 5.97 Å². The van der Waals surface area contributed by atoms with E-state index in [2.05, 4.69) is 5.16 Å². The van der Waals surface area contributed by atoms with Crippen LogP contribution in [0.25, 0.3) is 0 Å². The van der Waals surface area contributed by atoms with Crippen LogP contribution in [-0.2, 0) is 22.6 Å². The smallest absolute Gasteiger partial charge is 0.344 e. The first-order chi connectivity index (χ1) is 14.2. The van der Waals surface area contributed by atoms with E-state index in [9.17, 15) is 15.1 Å². The Morgan fingerprint density at radius 2 is 1.55 bits per heavy atom. The molecule has 0 spiro atoms. The Hall–Kier alpha value is -3.80. The molecule has 29 heavy (non-hydrogen) atoms. The SMILES string of the molecule is O=C(COc1ccc(C(Cc2ccccc2)=NO)c(O)c1)OCc1ccccc1. The lowest BCUT2D eigenvalue weighted by molar-refractivity contribution is -0.147. The summed E-state index contributed by atoms with van der Waals surface area (Å²) < 4.78 is 10.5. The van der Waals surface area contributed by atoms with Crippen LogP contribution >= 0.6 is 0 Å². The number of nitrogens with zero attached hydrogens (tertiary/aromatic N) is 1. The van der Waals surface area contributed by atoms with Crippen LogP contribution in [0, 0.1) is 0 Å². The molecular weight excluding hydrogens is 370 g/mol. The van der Waals surface area contributed by atoms with E-state index in [4.69, 9.17) is 9.47 Å². The lowest BCUT2D eigenvalue weighted by Gasteiger charge is -2.11. The van der Waals surface area contributed by atoms with E-state index in [1.807, 2.05) is 60.7 Å². The van der Waals surface area contributed by atoms with Crippen LogP contribution in [0.4, 0.5) is 0 Å². The third kappa shape index (κ3) is 5.84. The molecule has 6 nitrogen and oxygen atoms in total. The Balaban J connectivity index is 1.56. The normalized spacial score (nSPS) is 11.1. The van der Waals surface area contributed by atoms with Crippen molar-refractivity contribution in [2.24, 2.45) is 5.16 Å². The zero-order chi connectivity index (χ0) is 20.5. The van der Waals surface area contributed by atoms with Gasteiger partial charge in [0.15, 0.2) is 6.61 Å². The molecular formula is C23H21NO5. The first kappa shape index (κ1) is 19.9. The Bertz CT molecular complexity index is 971. The third-order valence-corrected chi connectivity index (χ3v) is 4.21. The largest absolute Gasteiger partial charge is 0.507 e. The van der Waals surface area contributed by atoms with Crippen LogP contribution in [0.5, 0.6) is 11.5 Å². The molecule has 0 radical (unpaired) electrons. The average molecular weight is 391 g/mol. The number of phenolic OH excluding ortho intramolecular Hbond substituents is 1. The zero-order valence-electron chi connectivity index (χ0n) is 15.7. The second-order valence-electron chi connectivity index (χ2n) is 6.32. The molecule has 0 unspecified atom stereocenters. The summed E-state index contributed by atoms with van der Waals surface area (Å²) in [5, 5.41) is 23.0. The molecule has 3 rings (SSSR count). The van der Waals surface area contributed by atoms with Gasteiger partial charge in [-0.2, -0.15) is 0 Å². The maximum atomic E-state index is 11.8. The fourth-order valence-corrected chi connectivity index (χ4v) is 2.74. The van der Waals surface area contributed by atoms with E-state index in [-0.39, 0.29) is 19.0 Å². The molecule has 0 amide bonds. The number of aromatic hydroxyl groups is 1. The van der Waals surface area contributed by atoms with Gasteiger partial charge in [-0.1, -0.05) is 65.8 Å². The fraction of sp³-hybridized carbons (Fsp3) is 0.130. The summed E-state index contributed by atoms with van der Waals surface area (Å²) in [4.78, 5) is 11.8. The van der Waals surface area contributed by atoms with Gasteiger partial charge in [-0.3, -0.25) is 0 Å². The molecule has 6 heteroatoms. The Labute approximate surface area is 168 Å². The first-order valence-electron chi connectivity index (χ1n) is 9.06. The van der Waals surface area contributed by atoms with Crippen LogP contribution in [0.3, 0.4) is 0 Å². The summed E-state index contributed by atoms with van der Waals surface area (Å²) in [7, 11) is 0. The summed E-state index contributed by atoms with van der Waals surface area (Å²) >= 11 is 0. The number of carbonyl (C=O) groups is 1. The van der Waals surface area contributed by atoms with Gasteiger partial charge in [0.2, 0.25) is 0 Å².